The number of rotatable bonds is 7. The average Bonchev–Trinajstić information content (AvgIpc) is 4.24. The van der Waals surface area contributed by atoms with Crippen LogP contribution in [0, 0.1) is 10.8 Å². The van der Waals surface area contributed by atoms with Crippen molar-refractivity contribution in [3.05, 3.63) is 112 Å². The summed E-state index contributed by atoms with van der Waals surface area (Å²) < 4.78 is 98.2. The van der Waals surface area contributed by atoms with E-state index in [2.05, 4.69) is 64.6 Å². The number of hydrogen-bond acceptors (Lipinski definition) is 16. The maximum atomic E-state index is 12.8. The van der Waals surface area contributed by atoms with Crippen molar-refractivity contribution in [3.63, 3.8) is 0 Å². The summed E-state index contributed by atoms with van der Waals surface area (Å²) >= 11 is 3.65. The zero-order chi connectivity index (χ0) is 53.7. The third-order valence-corrected chi connectivity index (χ3v) is 16.5. The average molecular weight is 1120 g/mol. The number of aliphatic imine (C=N–C) groups is 2. The standard InChI is InChI=1S/C26H27F3N4O3.C19H23BrN4O2.C7H5BF3O3/c1-34-19-7-9-24(10-8-19)15-18-6-5-17(16-3-2-4-20(13-16)36-26(27,28)29)14-21(18)25(24)22-32-35-12-11-33(22)23(30)31-25;1-25-14-4-6-18(7-5-14)11-12-2-3-13(20)10-15(12)19(18)16-23-26-9-8-24(16)17(21)22-19;9-7(10,11)13-5-2-1-3-6(4-5)14-8-12/h2-6,13-14,19H,7-12,15H2,1H3,(H2,30,31);2-3,10,14H,4-9,11H2,1H3,(H2,21,22);1-4,12H. The van der Waals surface area contributed by atoms with E-state index in [0.29, 0.717) is 63.4 Å². The lowest BCUT2D eigenvalue weighted by molar-refractivity contribution is -0.275. The second-order valence-electron chi connectivity index (χ2n) is 19.9. The van der Waals surface area contributed by atoms with E-state index in [9.17, 15) is 26.3 Å². The lowest BCUT2D eigenvalue weighted by Gasteiger charge is -2.46. The number of methoxy groups -OCH3 is 2. The number of amidine groups is 2. The monoisotopic (exact) mass is 1120 g/mol. The van der Waals surface area contributed by atoms with Crippen LogP contribution in [0.1, 0.15) is 73.6 Å². The third kappa shape index (κ3) is 9.67. The largest absolute Gasteiger partial charge is 0.573 e. The molecule has 16 nitrogen and oxygen atoms in total. The summed E-state index contributed by atoms with van der Waals surface area (Å²) in [6.07, 6.45) is 0.574. The maximum Gasteiger partial charge on any atom is 0.573 e. The molecule has 0 bridgehead atoms. The smallest absolute Gasteiger partial charge is 0.537 e. The van der Waals surface area contributed by atoms with Crippen molar-refractivity contribution in [2.45, 2.75) is 100 Å². The summed E-state index contributed by atoms with van der Waals surface area (Å²) in [5.74, 6) is 1.94. The van der Waals surface area contributed by atoms with Crippen LogP contribution in [-0.4, -0.2) is 112 Å². The summed E-state index contributed by atoms with van der Waals surface area (Å²) in [6, 6.07) is 23.4. The Morgan fingerprint density at radius 2 is 1.09 bits per heavy atom. The van der Waals surface area contributed by atoms with Gasteiger partial charge in [0.2, 0.25) is 0 Å². The van der Waals surface area contributed by atoms with Crippen molar-refractivity contribution in [1.29, 1.82) is 0 Å². The van der Waals surface area contributed by atoms with Gasteiger partial charge in [0.1, 0.15) is 30.5 Å². The van der Waals surface area contributed by atoms with E-state index in [0.717, 1.165) is 103 Å². The first-order chi connectivity index (χ1) is 36.3. The van der Waals surface area contributed by atoms with Crippen LogP contribution >= 0.6 is 15.9 Å². The number of oxime groups is 2. The van der Waals surface area contributed by atoms with Crippen LogP contribution in [0.25, 0.3) is 11.1 Å². The molecular formula is C52H55BBrF6N8O8. The van der Waals surface area contributed by atoms with Gasteiger partial charge in [-0.1, -0.05) is 62.6 Å². The number of halogens is 7. The molecule has 4 aliphatic heterocycles. The Bertz CT molecular complexity index is 2950. The number of fused-ring (bicyclic) bond motifs is 10. The first kappa shape index (κ1) is 53.2. The van der Waals surface area contributed by atoms with Gasteiger partial charge in [-0.05, 0) is 140 Å². The topological polar surface area (TPSA) is 193 Å². The molecule has 0 amide bonds. The predicted octanol–water partition coefficient (Wildman–Crippen LogP) is 8.79. The van der Waals surface area contributed by atoms with Gasteiger partial charge in [0.25, 0.3) is 0 Å². The molecule has 1 radical (unpaired) electrons. The van der Waals surface area contributed by atoms with Gasteiger partial charge in [-0.25, -0.2) is 9.98 Å². The minimum Gasteiger partial charge on any atom is -0.537 e. The van der Waals surface area contributed by atoms with Crippen LogP contribution in [-0.2, 0) is 43.1 Å². The van der Waals surface area contributed by atoms with Crippen molar-refractivity contribution in [1.82, 2.24) is 9.80 Å². The van der Waals surface area contributed by atoms with E-state index in [4.69, 9.17) is 45.6 Å². The zero-order valence-electron chi connectivity index (χ0n) is 41.5. The Hall–Kier alpha value is -6.24. The number of nitrogens with zero attached hydrogens (tertiary/aromatic N) is 6. The maximum absolute atomic E-state index is 12.8. The Labute approximate surface area is 443 Å². The van der Waals surface area contributed by atoms with Crippen molar-refractivity contribution >= 4 is 47.2 Å². The molecule has 4 heterocycles. The number of alkyl halides is 6. The highest BCUT2D eigenvalue weighted by atomic mass is 79.9. The minimum absolute atomic E-state index is 0.0237. The molecule has 76 heavy (non-hydrogen) atoms. The first-order valence-electron chi connectivity index (χ1n) is 24.8. The fraction of sp³-hybridized carbons (Fsp3) is 0.462. The molecule has 2 fully saturated rings. The summed E-state index contributed by atoms with van der Waals surface area (Å²) in [5, 5.41) is 17.2. The van der Waals surface area contributed by atoms with Crippen LogP contribution in [0.2, 0.25) is 0 Å². The molecule has 4 aliphatic carbocycles. The Balaban J connectivity index is 0.000000143. The molecule has 5 N–H and O–H groups in total. The van der Waals surface area contributed by atoms with Crippen LogP contribution in [0.4, 0.5) is 26.3 Å². The summed E-state index contributed by atoms with van der Waals surface area (Å²) in [7, 11) is 3.93. The number of guanidine groups is 2. The molecular weight excluding hydrogens is 1070 g/mol. The molecule has 4 spiro atoms. The van der Waals surface area contributed by atoms with Crippen LogP contribution in [0.3, 0.4) is 0 Å². The molecule has 0 saturated heterocycles. The van der Waals surface area contributed by atoms with Crippen LogP contribution < -0.4 is 25.6 Å². The second-order valence-corrected chi connectivity index (χ2v) is 20.9. The van der Waals surface area contributed by atoms with E-state index in [-0.39, 0.29) is 28.4 Å². The quantitative estimate of drug-likeness (QED) is 0.118. The van der Waals surface area contributed by atoms with Crippen molar-refractivity contribution < 1.29 is 64.6 Å². The van der Waals surface area contributed by atoms with E-state index in [1.807, 2.05) is 29.0 Å². The number of nitrogens with two attached hydrogens (primary N) is 2. The van der Waals surface area contributed by atoms with Gasteiger partial charge in [-0.3, -0.25) is 9.80 Å². The molecule has 0 aromatic heterocycles. The van der Waals surface area contributed by atoms with Gasteiger partial charge < -0.3 is 49.8 Å². The minimum atomic E-state index is -4.76. The van der Waals surface area contributed by atoms with Crippen molar-refractivity contribution in [2.75, 3.05) is 40.5 Å². The van der Waals surface area contributed by atoms with Gasteiger partial charge in [-0.15, -0.1) is 26.3 Å². The van der Waals surface area contributed by atoms with Gasteiger partial charge in [-0.2, -0.15) is 0 Å². The summed E-state index contributed by atoms with van der Waals surface area (Å²) in [5.41, 5.74) is 17.3. The van der Waals surface area contributed by atoms with Crippen LogP contribution in [0.15, 0.2) is 110 Å². The van der Waals surface area contributed by atoms with Gasteiger partial charge in [0.05, 0.1) is 25.3 Å². The first-order valence-corrected chi connectivity index (χ1v) is 25.6. The molecule has 12 rings (SSSR count). The fourth-order valence-electron chi connectivity index (χ4n) is 12.8. The fourth-order valence-corrected chi connectivity index (χ4v) is 13.1. The number of hydrogen-bond donors (Lipinski definition) is 3. The van der Waals surface area contributed by atoms with E-state index >= 15 is 0 Å². The Morgan fingerprint density at radius 3 is 1.59 bits per heavy atom. The lowest BCUT2D eigenvalue weighted by atomic mass is 9.61. The van der Waals surface area contributed by atoms with Gasteiger partial charge in [0, 0.05) is 35.6 Å². The normalized spacial score (nSPS) is 27.8. The highest BCUT2D eigenvalue weighted by molar-refractivity contribution is 9.10. The summed E-state index contributed by atoms with van der Waals surface area (Å²) in [4.78, 5) is 25.3. The highest BCUT2D eigenvalue weighted by Gasteiger charge is 2.67. The number of benzene rings is 4. The van der Waals surface area contributed by atoms with Crippen molar-refractivity contribution in [3.8, 4) is 28.4 Å². The van der Waals surface area contributed by atoms with Gasteiger partial charge in [0.15, 0.2) is 34.7 Å². The third-order valence-electron chi connectivity index (χ3n) is 16.0. The lowest BCUT2D eigenvalue weighted by Crippen LogP contribution is -2.53. The second kappa shape index (κ2) is 20.6. The zero-order valence-corrected chi connectivity index (χ0v) is 43.1. The molecule has 4 aromatic rings. The van der Waals surface area contributed by atoms with Gasteiger partial charge >= 0.3 is 20.4 Å². The highest BCUT2D eigenvalue weighted by Crippen LogP contribution is 2.64. The van der Waals surface area contributed by atoms with E-state index in [1.54, 1.807) is 19.2 Å². The van der Waals surface area contributed by atoms with E-state index in [1.165, 1.54) is 35.4 Å². The Morgan fingerprint density at radius 1 is 0.632 bits per heavy atom. The predicted molar refractivity (Wildman–Crippen MR) is 272 cm³/mol. The molecule has 403 valence electrons. The Kier molecular flexibility index (Phi) is 14.4. The molecule has 8 aliphatic rings. The SMILES string of the molecule is COC1CCC2(CC1)Cc1ccc(-c3cccc(OC(F)(F)F)c3)cc1C21N=C(N)N2CCON=C21.COC1CCC2(CC1)Cc1ccc(Br)cc1C21N=C(N)N2CCON=C21.O[B]Oc1cccc(OC(F)(F)F)c1. The number of ether oxygens (including phenoxy) is 4. The molecule has 24 heteroatoms. The van der Waals surface area contributed by atoms with Crippen molar-refractivity contribution in [2.24, 2.45) is 42.6 Å². The molecule has 2 unspecified atom stereocenters. The van der Waals surface area contributed by atoms with E-state index < -0.39 is 29.6 Å². The summed E-state index contributed by atoms with van der Waals surface area (Å²) in [6.45, 7) is 2.24. The molecule has 4 aromatic carbocycles. The molecule has 2 atom stereocenters. The van der Waals surface area contributed by atoms with Crippen LogP contribution in [0.5, 0.6) is 17.2 Å². The molecule has 2 saturated carbocycles.